The van der Waals surface area contributed by atoms with E-state index in [1.54, 1.807) is 50.6 Å². The molecule has 0 fully saturated rings. The third-order valence-electron chi connectivity index (χ3n) is 3.91. The van der Waals surface area contributed by atoms with Crippen LogP contribution in [0.25, 0.3) is 0 Å². The molecule has 2 amide bonds. The van der Waals surface area contributed by atoms with Crippen molar-refractivity contribution in [2.24, 2.45) is 0 Å². The van der Waals surface area contributed by atoms with E-state index in [1.165, 1.54) is 0 Å². The largest absolute Gasteiger partial charge is 0.497 e. The molecule has 0 radical (unpaired) electrons. The van der Waals surface area contributed by atoms with Crippen molar-refractivity contribution in [3.63, 3.8) is 0 Å². The Morgan fingerprint density at radius 2 is 1.89 bits per heavy atom. The van der Waals surface area contributed by atoms with Crippen molar-refractivity contribution in [2.75, 3.05) is 26.1 Å². The number of carbonyl (C=O) groups excluding carboxylic acids is 2. The molecular formula is C21H22N2O4. The van der Waals surface area contributed by atoms with Gasteiger partial charge in [-0.3, -0.25) is 9.59 Å². The molecule has 2 rings (SSSR count). The maximum Gasteiger partial charge on any atom is 0.254 e. The first-order chi connectivity index (χ1) is 13.1. The summed E-state index contributed by atoms with van der Waals surface area (Å²) in [7, 11) is 3.16. The van der Waals surface area contributed by atoms with Gasteiger partial charge in [0.05, 0.1) is 32.0 Å². The fourth-order valence-corrected chi connectivity index (χ4v) is 2.55. The number of terminal acetylenes is 1. The lowest BCUT2D eigenvalue weighted by Gasteiger charge is -2.12. The van der Waals surface area contributed by atoms with Gasteiger partial charge in [-0.25, -0.2) is 0 Å². The standard InChI is InChI=1S/C21H22N2O4/c1-4-13-22-21(25)17-7-5-6-8-18(17)23-20(24)12-9-15-14-16(26-2)10-11-19(15)27-3/h1,5-8,10-11,14H,9,12-13H2,2-3H3,(H,22,25)(H,23,24). The van der Waals surface area contributed by atoms with Crippen molar-refractivity contribution in [1.82, 2.24) is 5.32 Å². The Labute approximate surface area is 158 Å². The Morgan fingerprint density at radius 3 is 2.59 bits per heavy atom. The Balaban J connectivity index is 2.05. The number of hydrogen-bond donors (Lipinski definition) is 2. The van der Waals surface area contributed by atoms with Gasteiger partial charge in [-0.15, -0.1) is 6.42 Å². The highest BCUT2D eigenvalue weighted by Gasteiger charge is 2.13. The molecule has 0 heterocycles. The highest BCUT2D eigenvalue weighted by atomic mass is 16.5. The number of amides is 2. The predicted octanol–water partition coefficient (Wildman–Crippen LogP) is 2.64. The van der Waals surface area contributed by atoms with Gasteiger partial charge in [-0.05, 0) is 42.3 Å². The highest BCUT2D eigenvalue weighted by Crippen LogP contribution is 2.25. The lowest BCUT2D eigenvalue weighted by molar-refractivity contribution is -0.116. The van der Waals surface area contributed by atoms with Crippen LogP contribution in [-0.2, 0) is 11.2 Å². The number of hydrogen-bond acceptors (Lipinski definition) is 4. The second kappa shape index (κ2) is 9.88. The Kier molecular flexibility index (Phi) is 7.26. The molecule has 0 unspecified atom stereocenters. The molecule has 0 aliphatic carbocycles. The Bertz CT molecular complexity index is 856. The summed E-state index contributed by atoms with van der Waals surface area (Å²) in [6.45, 7) is 0.122. The van der Waals surface area contributed by atoms with Crippen LogP contribution < -0.4 is 20.1 Å². The van der Waals surface area contributed by atoms with Gasteiger partial charge >= 0.3 is 0 Å². The number of benzene rings is 2. The zero-order valence-electron chi connectivity index (χ0n) is 15.4. The molecular weight excluding hydrogens is 344 g/mol. The molecule has 0 atom stereocenters. The fraction of sp³-hybridized carbons (Fsp3) is 0.238. The fourth-order valence-electron chi connectivity index (χ4n) is 2.55. The van der Waals surface area contributed by atoms with Gasteiger partial charge in [-0.1, -0.05) is 18.1 Å². The van der Waals surface area contributed by atoms with Crippen LogP contribution in [0.3, 0.4) is 0 Å². The van der Waals surface area contributed by atoms with Crippen LogP contribution in [0.4, 0.5) is 5.69 Å². The topological polar surface area (TPSA) is 76.7 Å². The number of aryl methyl sites for hydroxylation is 1. The number of rotatable bonds is 8. The summed E-state index contributed by atoms with van der Waals surface area (Å²) in [5, 5.41) is 5.37. The summed E-state index contributed by atoms with van der Waals surface area (Å²) in [5.74, 6) is 3.19. The molecule has 2 aromatic rings. The third kappa shape index (κ3) is 5.51. The zero-order chi connectivity index (χ0) is 19.6. The second-order valence-corrected chi connectivity index (χ2v) is 5.66. The van der Waals surface area contributed by atoms with Crippen molar-refractivity contribution in [2.45, 2.75) is 12.8 Å². The number of methoxy groups -OCH3 is 2. The maximum absolute atomic E-state index is 12.4. The van der Waals surface area contributed by atoms with E-state index in [2.05, 4.69) is 16.6 Å². The zero-order valence-corrected chi connectivity index (χ0v) is 15.4. The van der Waals surface area contributed by atoms with Crippen LogP contribution in [0.15, 0.2) is 42.5 Å². The third-order valence-corrected chi connectivity index (χ3v) is 3.91. The van der Waals surface area contributed by atoms with Gasteiger partial charge in [0.1, 0.15) is 11.5 Å². The molecule has 0 saturated heterocycles. The molecule has 6 nitrogen and oxygen atoms in total. The van der Waals surface area contributed by atoms with Crippen LogP contribution in [0.5, 0.6) is 11.5 Å². The van der Waals surface area contributed by atoms with E-state index in [4.69, 9.17) is 15.9 Å². The summed E-state index contributed by atoms with van der Waals surface area (Å²) < 4.78 is 10.5. The van der Waals surface area contributed by atoms with E-state index in [9.17, 15) is 9.59 Å². The maximum atomic E-state index is 12.4. The summed E-state index contributed by atoms with van der Waals surface area (Å²) >= 11 is 0. The molecule has 27 heavy (non-hydrogen) atoms. The van der Waals surface area contributed by atoms with E-state index >= 15 is 0 Å². The van der Waals surface area contributed by atoms with Gasteiger partial charge < -0.3 is 20.1 Å². The summed E-state index contributed by atoms with van der Waals surface area (Å²) in [6, 6.07) is 12.2. The normalized spacial score (nSPS) is 9.81. The average molecular weight is 366 g/mol. The van der Waals surface area contributed by atoms with Crippen molar-refractivity contribution in [3.05, 3.63) is 53.6 Å². The van der Waals surface area contributed by atoms with Crippen LogP contribution in [0.2, 0.25) is 0 Å². The molecule has 6 heteroatoms. The first kappa shape index (κ1) is 19.9. The molecule has 0 aliphatic heterocycles. The van der Waals surface area contributed by atoms with Crippen molar-refractivity contribution in [1.29, 1.82) is 0 Å². The van der Waals surface area contributed by atoms with Crippen molar-refractivity contribution < 1.29 is 19.1 Å². The summed E-state index contributed by atoms with van der Waals surface area (Å²) in [5.41, 5.74) is 1.67. The lowest BCUT2D eigenvalue weighted by Crippen LogP contribution is -2.25. The molecule has 0 spiro atoms. The number of carbonyl (C=O) groups is 2. The summed E-state index contributed by atoms with van der Waals surface area (Å²) in [4.78, 5) is 24.5. The minimum Gasteiger partial charge on any atom is -0.497 e. The molecule has 0 aromatic heterocycles. The summed E-state index contributed by atoms with van der Waals surface area (Å²) in [6.07, 6.45) is 5.86. The number of anilines is 1. The average Bonchev–Trinajstić information content (AvgIpc) is 2.70. The van der Waals surface area contributed by atoms with Crippen molar-refractivity contribution in [3.8, 4) is 23.8 Å². The first-order valence-corrected chi connectivity index (χ1v) is 8.40. The first-order valence-electron chi connectivity index (χ1n) is 8.40. The number of ether oxygens (including phenoxy) is 2. The Hall–Kier alpha value is -3.46. The lowest BCUT2D eigenvalue weighted by atomic mass is 10.1. The minimum absolute atomic E-state index is 0.122. The molecule has 0 saturated carbocycles. The van der Waals surface area contributed by atoms with Crippen molar-refractivity contribution >= 4 is 17.5 Å². The van der Waals surface area contributed by atoms with Crippen LogP contribution in [0, 0.1) is 12.3 Å². The van der Waals surface area contributed by atoms with Gasteiger partial charge in [0.2, 0.25) is 5.91 Å². The van der Waals surface area contributed by atoms with Crippen LogP contribution in [0.1, 0.15) is 22.3 Å². The predicted molar refractivity (Wildman–Crippen MR) is 104 cm³/mol. The minimum atomic E-state index is -0.335. The molecule has 0 bridgehead atoms. The quantitative estimate of drug-likeness (QED) is 0.704. The number of nitrogens with one attached hydrogen (secondary N) is 2. The molecule has 0 aliphatic rings. The van der Waals surface area contributed by atoms with E-state index in [0.717, 1.165) is 5.56 Å². The van der Waals surface area contributed by atoms with E-state index in [-0.39, 0.29) is 24.8 Å². The van der Waals surface area contributed by atoms with Gasteiger partial charge in [0.25, 0.3) is 5.91 Å². The Morgan fingerprint density at radius 1 is 1.11 bits per heavy atom. The van der Waals surface area contributed by atoms with E-state index in [1.807, 2.05) is 6.07 Å². The monoisotopic (exact) mass is 366 g/mol. The van der Waals surface area contributed by atoms with Gasteiger partial charge in [0.15, 0.2) is 0 Å². The highest BCUT2D eigenvalue weighted by molar-refractivity contribution is 6.03. The van der Waals surface area contributed by atoms with E-state index in [0.29, 0.717) is 29.2 Å². The molecule has 2 N–H and O–H groups in total. The second-order valence-electron chi connectivity index (χ2n) is 5.66. The van der Waals surface area contributed by atoms with Crippen LogP contribution >= 0.6 is 0 Å². The molecule has 140 valence electrons. The van der Waals surface area contributed by atoms with Gasteiger partial charge in [0, 0.05) is 6.42 Å². The van der Waals surface area contributed by atoms with E-state index < -0.39 is 0 Å². The SMILES string of the molecule is C#CCNC(=O)c1ccccc1NC(=O)CCc1cc(OC)ccc1OC. The smallest absolute Gasteiger partial charge is 0.254 e. The van der Waals surface area contributed by atoms with Gasteiger partial charge in [-0.2, -0.15) is 0 Å². The van der Waals surface area contributed by atoms with Crippen LogP contribution in [-0.4, -0.2) is 32.6 Å². The molecule has 2 aromatic carbocycles. The number of para-hydroxylation sites is 1.